The Morgan fingerprint density at radius 3 is 2.42 bits per heavy atom. The van der Waals surface area contributed by atoms with Crippen molar-refractivity contribution < 1.29 is 14.3 Å². The standard InChI is InChI=1S/C25H33N3O3/c1-18-16-27(17-19(2)31-18)15-12-26-24(29)21-10-13-28(14-11-21)25(30)23-9-5-7-20-6-3-4-8-22(20)23/h3-9,18-19,21H,10-17H2,1-2H3,(H,26,29). The summed E-state index contributed by atoms with van der Waals surface area (Å²) in [7, 11) is 0. The summed E-state index contributed by atoms with van der Waals surface area (Å²) in [6.45, 7) is 8.76. The van der Waals surface area contributed by atoms with Crippen molar-refractivity contribution in [3.63, 3.8) is 0 Å². The van der Waals surface area contributed by atoms with Crippen LogP contribution in [0.1, 0.15) is 37.0 Å². The minimum absolute atomic E-state index is 0.0147. The number of rotatable bonds is 5. The second-order valence-corrected chi connectivity index (χ2v) is 8.90. The highest BCUT2D eigenvalue weighted by Crippen LogP contribution is 2.23. The molecular formula is C25H33N3O3. The second kappa shape index (κ2) is 9.79. The van der Waals surface area contributed by atoms with Gasteiger partial charge in [-0.1, -0.05) is 36.4 Å². The van der Waals surface area contributed by atoms with E-state index < -0.39 is 0 Å². The Kier molecular flexibility index (Phi) is 6.88. The molecule has 2 fully saturated rings. The molecule has 2 saturated heterocycles. The number of carbonyl (C=O) groups is 2. The molecule has 0 aromatic heterocycles. The molecule has 2 aliphatic rings. The van der Waals surface area contributed by atoms with Crippen LogP contribution in [0.4, 0.5) is 0 Å². The van der Waals surface area contributed by atoms with Crippen LogP contribution in [-0.4, -0.2) is 73.1 Å². The van der Waals surface area contributed by atoms with Crippen LogP contribution in [0.5, 0.6) is 0 Å². The summed E-state index contributed by atoms with van der Waals surface area (Å²) >= 11 is 0. The van der Waals surface area contributed by atoms with Gasteiger partial charge in [0.25, 0.3) is 5.91 Å². The third kappa shape index (κ3) is 5.25. The smallest absolute Gasteiger partial charge is 0.254 e. The van der Waals surface area contributed by atoms with Gasteiger partial charge in [0.05, 0.1) is 12.2 Å². The minimum atomic E-state index is -0.0147. The number of fused-ring (bicyclic) bond motifs is 1. The first-order valence-corrected chi connectivity index (χ1v) is 11.4. The van der Waals surface area contributed by atoms with Gasteiger partial charge in [0.1, 0.15) is 0 Å². The van der Waals surface area contributed by atoms with E-state index in [9.17, 15) is 9.59 Å². The van der Waals surface area contributed by atoms with Gasteiger partial charge in [0.15, 0.2) is 0 Å². The van der Waals surface area contributed by atoms with Crippen LogP contribution < -0.4 is 5.32 Å². The summed E-state index contributed by atoms with van der Waals surface area (Å²) in [6.07, 6.45) is 1.91. The summed E-state index contributed by atoms with van der Waals surface area (Å²) in [6, 6.07) is 13.8. The van der Waals surface area contributed by atoms with Gasteiger partial charge in [-0.3, -0.25) is 14.5 Å². The van der Waals surface area contributed by atoms with Gasteiger partial charge in [-0.15, -0.1) is 0 Å². The van der Waals surface area contributed by atoms with Gasteiger partial charge in [0, 0.05) is 50.7 Å². The van der Waals surface area contributed by atoms with Crippen LogP contribution in [0.3, 0.4) is 0 Å². The van der Waals surface area contributed by atoms with Crippen molar-refractivity contribution in [1.29, 1.82) is 0 Å². The fourth-order valence-electron chi connectivity index (χ4n) is 4.88. The predicted molar refractivity (Wildman–Crippen MR) is 122 cm³/mol. The number of nitrogens with one attached hydrogen (secondary N) is 1. The summed E-state index contributed by atoms with van der Waals surface area (Å²) in [4.78, 5) is 30.0. The van der Waals surface area contributed by atoms with Gasteiger partial charge in [-0.05, 0) is 43.5 Å². The number of likely N-dealkylation sites (tertiary alicyclic amines) is 1. The molecule has 1 N–H and O–H groups in total. The summed E-state index contributed by atoms with van der Waals surface area (Å²) in [5.74, 6) is 0.164. The molecule has 0 aliphatic carbocycles. The molecule has 2 atom stereocenters. The molecule has 2 unspecified atom stereocenters. The van der Waals surface area contributed by atoms with Crippen LogP contribution in [0.25, 0.3) is 10.8 Å². The third-order valence-electron chi connectivity index (χ3n) is 6.40. The lowest BCUT2D eigenvalue weighted by Crippen LogP contribution is -2.48. The van der Waals surface area contributed by atoms with Gasteiger partial charge in [-0.2, -0.15) is 0 Å². The molecule has 166 valence electrons. The largest absolute Gasteiger partial charge is 0.373 e. The number of morpholine rings is 1. The average Bonchev–Trinajstić information content (AvgIpc) is 2.77. The number of carbonyl (C=O) groups excluding carboxylic acids is 2. The Bertz CT molecular complexity index is 908. The van der Waals surface area contributed by atoms with Gasteiger partial charge < -0.3 is 15.0 Å². The highest BCUT2D eigenvalue weighted by Gasteiger charge is 2.28. The number of hydrogen-bond acceptors (Lipinski definition) is 4. The summed E-state index contributed by atoms with van der Waals surface area (Å²) in [5, 5.41) is 5.17. The number of ether oxygens (including phenoxy) is 1. The third-order valence-corrected chi connectivity index (χ3v) is 6.40. The van der Waals surface area contributed by atoms with Crippen molar-refractivity contribution in [1.82, 2.24) is 15.1 Å². The lowest BCUT2D eigenvalue weighted by Gasteiger charge is -2.35. The second-order valence-electron chi connectivity index (χ2n) is 8.90. The maximum absolute atomic E-state index is 13.1. The van der Waals surface area contributed by atoms with E-state index in [0.717, 1.165) is 36.0 Å². The molecule has 2 amide bonds. The van der Waals surface area contributed by atoms with Crippen molar-refractivity contribution in [2.45, 2.75) is 38.9 Å². The van der Waals surface area contributed by atoms with Crippen molar-refractivity contribution in [2.24, 2.45) is 5.92 Å². The monoisotopic (exact) mass is 423 g/mol. The van der Waals surface area contributed by atoms with E-state index in [-0.39, 0.29) is 29.9 Å². The van der Waals surface area contributed by atoms with Gasteiger partial charge >= 0.3 is 0 Å². The van der Waals surface area contributed by atoms with Crippen LogP contribution in [0.2, 0.25) is 0 Å². The molecule has 2 heterocycles. The number of hydrogen-bond donors (Lipinski definition) is 1. The number of nitrogens with zero attached hydrogens (tertiary/aromatic N) is 2. The van der Waals surface area contributed by atoms with E-state index in [4.69, 9.17) is 4.74 Å². The van der Waals surface area contributed by atoms with Crippen molar-refractivity contribution >= 4 is 22.6 Å². The molecule has 4 rings (SSSR count). The molecule has 31 heavy (non-hydrogen) atoms. The molecule has 2 aliphatic heterocycles. The molecule has 6 heteroatoms. The fraction of sp³-hybridized carbons (Fsp3) is 0.520. The molecule has 2 aromatic carbocycles. The first-order chi connectivity index (χ1) is 15.0. The average molecular weight is 424 g/mol. The molecule has 0 bridgehead atoms. The predicted octanol–water partition coefficient (Wildman–Crippen LogP) is 2.92. The quantitative estimate of drug-likeness (QED) is 0.803. The van der Waals surface area contributed by atoms with E-state index in [0.29, 0.717) is 32.5 Å². The molecule has 0 radical (unpaired) electrons. The van der Waals surface area contributed by atoms with Gasteiger partial charge in [0.2, 0.25) is 5.91 Å². The number of piperidine rings is 1. The number of benzene rings is 2. The summed E-state index contributed by atoms with van der Waals surface area (Å²) in [5.41, 5.74) is 0.745. The molecular weight excluding hydrogens is 390 g/mol. The maximum Gasteiger partial charge on any atom is 0.254 e. The molecule has 6 nitrogen and oxygen atoms in total. The zero-order chi connectivity index (χ0) is 21.8. The highest BCUT2D eigenvalue weighted by molar-refractivity contribution is 6.07. The van der Waals surface area contributed by atoms with Crippen molar-refractivity contribution in [2.75, 3.05) is 39.3 Å². The normalized spacial score (nSPS) is 23.1. The zero-order valence-electron chi connectivity index (χ0n) is 18.5. The van der Waals surface area contributed by atoms with Crippen LogP contribution >= 0.6 is 0 Å². The molecule has 0 spiro atoms. The van der Waals surface area contributed by atoms with Gasteiger partial charge in [-0.25, -0.2) is 0 Å². The fourth-order valence-corrected chi connectivity index (χ4v) is 4.88. The highest BCUT2D eigenvalue weighted by atomic mass is 16.5. The van der Waals surface area contributed by atoms with E-state index in [2.05, 4.69) is 24.1 Å². The Hall–Kier alpha value is -2.44. The molecule has 2 aromatic rings. The SMILES string of the molecule is CC1CN(CCNC(=O)C2CCN(C(=O)c3cccc4ccccc34)CC2)CC(C)O1. The first kappa shape index (κ1) is 21.8. The Balaban J connectivity index is 1.25. The van der Waals surface area contributed by atoms with E-state index in [1.54, 1.807) is 0 Å². The van der Waals surface area contributed by atoms with E-state index >= 15 is 0 Å². The zero-order valence-corrected chi connectivity index (χ0v) is 18.5. The topological polar surface area (TPSA) is 61.9 Å². The lowest BCUT2D eigenvalue weighted by molar-refractivity contribution is -0.126. The van der Waals surface area contributed by atoms with Crippen molar-refractivity contribution in [3.05, 3.63) is 48.0 Å². The Morgan fingerprint density at radius 2 is 1.68 bits per heavy atom. The molecule has 0 saturated carbocycles. The van der Waals surface area contributed by atoms with Crippen LogP contribution in [0.15, 0.2) is 42.5 Å². The van der Waals surface area contributed by atoms with E-state index in [1.807, 2.05) is 47.4 Å². The minimum Gasteiger partial charge on any atom is -0.373 e. The Morgan fingerprint density at radius 1 is 1.00 bits per heavy atom. The Labute approximate surface area is 184 Å². The number of amides is 2. The van der Waals surface area contributed by atoms with Crippen LogP contribution in [0, 0.1) is 5.92 Å². The van der Waals surface area contributed by atoms with Crippen molar-refractivity contribution in [3.8, 4) is 0 Å². The maximum atomic E-state index is 13.1. The first-order valence-electron chi connectivity index (χ1n) is 11.4. The summed E-state index contributed by atoms with van der Waals surface area (Å²) < 4.78 is 5.76. The van der Waals surface area contributed by atoms with E-state index in [1.165, 1.54) is 0 Å². The lowest BCUT2D eigenvalue weighted by atomic mass is 9.95. The van der Waals surface area contributed by atoms with Crippen LogP contribution in [-0.2, 0) is 9.53 Å².